The molecule has 0 aliphatic heterocycles. The molecule has 45 heavy (non-hydrogen) atoms. The molecular weight excluding hydrogens is 593 g/mol. The maximum absolute atomic E-state index is 14.2. The first kappa shape index (κ1) is 33.2. The average molecular weight is 632 g/mol. The number of hydrogen-bond acceptors (Lipinski definition) is 5. The van der Waals surface area contributed by atoms with Crippen molar-refractivity contribution in [2.45, 2.75) is 57.1 Å². The molecule has 0 bridgehead atoms. The Labute approximate surface area is 264 Å². The van der Waals surface area contributed by atoms with Crippen molar-refractivity contribution in [2.75, 3.05) is 10.8 Å². The molecule has 0 radical (unpaired) electrons. The first-order valence-electron chi connectivity index (χ1n) is 14.9. The molecule has 0 spiro atoms. The minimum absolute atomic E-state index is 0.00838. The number of nitrogens with one attached hydrogen (secondary N) is 1. The molecule has 0 saturated carbocycles. The van der Waals surface area contributed by atoms with E-state index >= 15 is 0 Å². The number of amides is 2. The van der Waals surface area contributed by atoms with Crippen molar-refractivity contribution in [1.82, 2.24) is 10.2 Å². The molecule has 0 aromatic heterocycles. The van der Waals surface area contributed by atoms with Crippen molar-refractivity contribution in [3.63, 3.8) is 0 Å². The molecule has 8 nitrogen and oxygen atoms in total. The van der Waals surface area contributed by atoms with Crippen LogP contribution in [0.15, 0.2) is 114 Å². The highest BCUT2D eigenvalue weighted by atomic mass is 32.2. The Kier molecular flexibility index (Phi) is 11.3. The minimum atomic E-state index is -4.21. The van der Waals surface area contributed by atoms with Gasteiger partial charge in [0.05, 0.1) is 10.6 Å². The van der Waals surface area contributed by atoms with Gasteiger partial charge in [-0.2, -0.15) is 0 Å². The molecule has 0 heterocycles. The number of benzene rings is 4. The smallest absolute Gasteiger partial charge is 0.264 e. The number of rotatable bonds is 14. The molecule has 0 aliphatic rings. The van der Waals surface area contributed by atoms with Crippen molar-refractivity contribution < 1.29 is 27.1 Å². The normalized spacial score (nSPS) is 12.5. The van der Waals surface area contributed by atoms with Crippen LogP contribution in [-0.4, -0.2) is 43.8 Å². The number of carbonyl (C=O) groups excluding carboxylic acids is 2. The number of sulfonamides is 1. The molecule has 0 unspecified atom stereocenters. The van der Waals surface area contributed by atoms with Gasteiger partial charge in [0.25, 0.3) is 10.0 Å². The van der Waals surface area contributed by atoms with E-state index in [-0.39, 0.29) is 35.5 Å². The highest BCUT2D eigenvalue weighted by Crippen LogP contribution is 2.28. The van der Waals surface area contributed by atoms with Crippen molar-refractivity contribution in [1.29, 1.82) is 0 Å². The Morgan fingerprint density at radius 2 is 1.38 bits per heavy atom. The Bertz CT molecular complexity index is 1650. The SMILES string of the molecule is CC[C@H](C)NC(=O)[C@H](CC)N(Cc1ccc(F)cc1)C(=O)CN(c1ccc(Oc2ccccc2)cc1)S(=O)(=O)c1ccccc1. The Morgan fingerprint density at radius 1 is 0.800 bits per heavy atom. The maximum atomic E-state index is 14.2. The lowest BCUT2D eigenvalue weighted by molar-refractivity contribution is -0.140. The molecule has 4 rings (SSSR count). The summed E-state index contributed by atoms with van der Waals surface area (Å²) in [5, 5.41) is 2.94. The number of hydrogen-bond donors (Lipinski definition) is 1. The summed E-state index contributed by atoms with van der Waals surface area (Å²) < 4.78 is 48.7. The van der Waals surface area contributed by atoms with E-state index in [1.54, 1.807) is 73.7 Å². The molecule has 1 N–H and O–H groups in total. The quantitative estimate of drug-likeness (QED) is 0.171. The van der Waals surface area contributed by atoms with Crippen LogP contribution in [-0.2, 0) is 26.2 Å². The van der Waals surface area contributed by atoms with E-state index in [1.165, 1.54) is 29.2 Å². The second kappa shape index (κ2) is 15.3. The van der Waals surface area contributed by atoms with E-state index in [1.807, 2.05) is 32.0 Å². The lowest BCUT2D eigenvalue weighted by Crippen LogP contribution is -2.53. The van der Waals surface area contributed by atoms with E-state index < -0.39 is 34.3 Å². The second-order valence-corrected chi connectivity index (χ2v) is 12.5. The number of carbonyl (C=O) groups is 2. The van der Waals surface area contributed by atoms with Crippen LogP contribution >= 0.6 is 0 Å². The van der Waals surface area contributed by atoms with Crippen LogP contribution in [0.2, 0.25) is 0 Å². The zero-order valence-corrected chi connectivity index (χ0v) is 26.4. The molecular formula is C35H38FN3O5S. The highest BCUT2D eigenvalue weighted by molar-refractivity contribution is 7.92. The topological polar surface area (TPSA) is 96.0 Å². The summed E-state index contributed by atoms with van der Waals surface area (Å²) in [5.74, 6) is -0.263. The van der Waals surface area contributed by atoms with Crippen LogP contribution in [0.1, 0.15) is 39.2 Å². The summed E-state index contributed by atoms with van der Waals surface area (Å²) in [5.41, 5.74) is 0.839. The van der Waals surface area contributed by atoms with Gasteiger partial charge in [-0.25, -0.2) is 12.8 Å². The fourth-order valence-corrected chi connectivity index (χ4v) is 6.14. The summed E-state index contributed by atoms with van der Waals surface area (Å²) >= 11 is 0. The summed E-state index contributed by atoms with van der Waals surface area (Å²) in [6.07, 6.45) is 0.979. The van der Waals surface area contributed by atoms with Gasteiger partial charge in [-0.15, -0.1) is 0 Å². The lowest BCUT2D eigenvalue weighted by Gasteiger charge is -2.33. The number of nitrogens with zero attached hydrogens (tertiary/aromatic N) is 2. The molecule has 0 fully saturated rings. The van der Waals surface area contributed by atoms with E-state index in [0.717, 1.165) is 4.31 Å². The molecule has 2 amide bonds. The third-order valence-electron chi connectivity index (χ3n) is 7.37. The van der Waals surface area contributed by atoms with Crippen LogP contribution in [0, 0.1) is 5.82 Å². The lowest BCUT2D eigenvalue weighted by atomic mass is 10.1. The van der Waals surface area contributed by atoms with Gasteiger partial charge in [0.2, 0.25) is 11.8 Å². The van der Waals surface area contributed by atoms with Gasteiger partial charge in [-0.05, 0) is 86.0 Å². The number of anilines is 1. The Balaban J connectivity index is 1.71. The molecule has 4 aromatic rings. The third-order valence-corrected chi connectivity index (χ3v) is 9.15. The predicted molar refractivity (Wildman–Crippen MR) is 173 cm³/mol. The van der Waals surface area contributed by atoms with Gasteiger partial charge in [0.15, 0.2) is 0 Å². The molecule has 0 saturated heterocycles. The molecule has 4 aromatic carbocycles. The van der Waals surface area contributed by atoms with Crippen LogP contribution in [0.4, 0.5) is 10.1 Å². The highest BCUT2D eigenvalue weighted by Gasteiger charge is 2.34. The van der Waals surface area contributed by atoms with Gasteiger partial charge in [0.1, 0.15) is 29.9 Å². The van der Waals surface area contributed by atoms with Crippen LogP contribution in [0.25, 0.3) is 0 Å². The minimum Gasteiger partial charge on any atom is -0.457 e. The third kappa shape index (κ3) is 8.69. The average Bonchev–Trinajstić information content (AvgIpc) is 3.05. The van der Waals surface area contributed by atoms with Crippen molar-refractivity contribution >= 4 is 27.5 Å². The monoisotopic (exact) mass is 631 g/mol. The van der Waals surface area contributed by atoms with Crippen LogP contribution in [0.5, 0.6) is 11.5 Å². The Morgan fingerprint density at radius 3 is 1.96 bits per heavy atom. The first-order chi connectivity index (χ1) is 21.6. The molecule has 2 atom stereocenters. The number of ether oxygens (including phenoxy) is 1. The Hall–Kier alpha value is -4.70. The summed E-state index contributed by atoms with van der Waals surface area (Å²) in [6.45, 7) is 5.00. The van der Waals surface area contributed by atoms with Crippen molar-refractivity contribution in [3.05, 3.63) is 121 Å². The van der Waals surface area contributed by atoms with Crippen LogP contribution < -0.4 is 14.4 Å². The number of halogens is 1. The fourth-order valence-electron chi connectivity index (χ4n) is 4.70. The van der Waals surface area contributed by atoms with Crippen LogP contribution in [0.3, 0.4) is 0 Å². The fraction of sp³-hybridized carbons (Fsp3) is 0.257. The zero-order chi connectivity index (χ0) is 32.4. The van der Waals surface area contributed by atoms with E-state index in [9.17, 15) is 22.4 Å². The second-order valence-electron chi connectivity index (χ2n) is 10.6. The van der Waals surface area contributed by atoms with Crippen molar-refractivity contribution in [3.8, 4) is 11.5 Å². The maximum Gasteiger partial charge on any atom is 0.264 e. The molecule has 236 valence electrons. The zero-order valence-electron chi connectivity index (χ0n) is 25.6. The summed E-state index contributed by atoms with van der Waals surface area (Å²) in [4.78, 5) is 28.9. The molecule has 10 heteroatoms. The summed E-state index contributed by atoms with van der Waals surface area (Å²) in [6, 6.07) is 28.0. The van der Waals surface area contributed by atoms with Crippen molar-refractivity contribution in [2.24, 2.45) is 0 Å². The van der Waals surface area contributed by atoms with E-state index in [4.69, 9.17) is 4.74 Å². The van der Waals surface area contributed by atoms with Gasteiger partial charge in [-0.1, -0.05) is 62.4 Å². The largest absolute Gasteiger partial charge is 0.457 e. The first-order valence-corrected chi connectivity index (χ1v) is 16.3. The van der Waals surface area contributed by atoms with Gasteiger partial charge < -0.3 is 15.0 Å². The van der Waals surface area contributed by atoms with Gasteiger partial charge in [0, 0.05) is 12.6 Å². The van der Waals surface area contributed by atoms with E-state index in [2.05, 4.69) is 5.32 Å². The van der Waals surface area contributed by atoms with Gasteiger partial charge >= 0.3 is 0 Å². The number of para-hydroxylation sites is 1. The molecule has 0 aliphatic carbocycles. The summed E-state index contributed by atoms with van der Waals surface area (Å²) in [7, 11) is -4.21. The van der Waals surface area contributed by atoms with E-state index in [0.29, 0.717) is 23.5 Å². The standard InChI is InChI=1S/C35H38FN3O5S/c1-4-26(3)37-35(41)33(5-2)38(24-27-16-18-28(36)19-17-27)34(40)25-39(45(42,43)32-14-10-7-11-15-32)29-20-22-31(23-21-29)44-30-12-8-6-9-13-30/h6-23,26,33H,4-5,24-25H2,1-3H3,(H,37,41)/t26-,33-/m0/s1. The predicted octanol–water partition coefficient (Wildman–Crippen LogP) is 6.54. The van der Waals surface area contributed by atoms with Gasteiger partial charge in [-0.3, -0.25) is 13.9 Å².